The van der Waals surface area contributed by atoms with Crippen molar-refractivity contribution in [3.8, 4) is 0 Å². The van der Waals surface area contributed by atoms with Gasteiger partial charge in [0.2, 0.25) is 15.9 Å². The zero-order valence-electron chi connectivity index (χ0n) is 18.0. The highest BCUT2D eigenvalue weighted by molar-refractivity contribution is 7.89. The maximum absolute atomic E-state index is 12.9. The number of carbonyl (C=O) groups excluding carboxylic acids is 2. The molecule has 0 bridgehead atoms. The fourth-order valence-corrected chi connectivity index (χ4v) is 4.95. The van der Waals surface area contributed by atoms with Crippen LogP contribution in [-0.4, -0.2) is 50.7 Å². The molecule has 2 aromatic rings. The first kappa shape index (κ1) is 23.9. The van der Waals surface area contributed by atoms with Crippen LogP contribution in [0.5, 0.6) is 0 Å². The Balaban J connectivity index is 1.44. The molecule has 0 radical (unpaired) electrons. The number of sulfonamides is 1. The molecule has 172 valence electrons. The Bertz CT molecular complexity index is 1030. The second kappa shape index (κ2) is 10.7. The van der Waals surface area contributed by atoms with Gasteiger partial charge in [-0.3, -0.25) is 9.59 Å². The Morgan fingerprint density at radius 2 is 1.56 bits per heavy atom. The number of piperidine rings is 1. The van der Waals surface area contributed by atoms with Crippen LogP contribution in [0.15, 0.2) is 53.4 Å². The van der Waals surface area contributed by atoms with E-state index in [1.165, 1.54) is 40.7 Å². The molecule has 1 saturated heterocycles. The van der Waals surface area contributed by atoms with Gasteiger partial charge in [0.1, 0.15) is 5.82 Å². The molecular weight excluding hydrogens is 433 g/mol. The lowest BCUT2D eigenvalue weighted by Crippen LogP contribution is -2.38. The Morgan fingerprint density at radius 1 is 0.969 bits per heavy atom. The third kappa shape index (κ3) is 6.37. The summed E-state index contributed by atoms with van der Waals surface area (Å²) in [5.41, 5.74) is 1.04. The molecule has 1 heterocycles. The maximum Gasteiger partial charge on any atom is 0.251 e. The summed E-state index contributed by atoms with van der Waals surface area (Å²) in [6, 6.07) is 11.6. The number of hydrogen-bond donors (Lipinski definition) is 2. The zero-order valence-corrected chi connectivity index (χ0v) is 18.8. The van der Waals surface area contributed by atoms with Gasteiger partial charge in [-0.1, -0.05) is 19.1 Å². The zero-order chi connectivity index (χ0) is 23.1. The first-order valence-corrected chi connectivity index (χ1v) is 12.1. The van der Waals surface area contributed by atoms with E-state index in [1.807, 2.05) is 0 Å². The molecule has 32 heavy (non-hydrogen) atoms. The van der Waals surface area contributed by atoms with E-state index >= 15 is 0 Å². The molecule has 0 spiro atoms. The van der Waals surface area contributed by atoms with Gasteiger partial charge in [0.05, 0.1) is 11.3 Å². The van der Waals surface area contributed by atoms with Crippen molar-refractivity contribution in [3.05, 3.63) is 65.5 Å². The standard InChI is InChI=1S/C23H28FN3O4S/c1-17-10-14-27(15-11-17)32(30,31)21-8-4-19(5-9-21)23(29)26-13-12-25-22(28)16-18-2-6-20(24)7-3-18/h2-9,17H,10-16H2,1H3,(H,25,28)(H,26,29). The van der Waals surface area contributed by atoms with Crippen molar-refractivity contribution < 1.29 is 22.4 Å². The molecule has 2 amide bonds. The molecule has 1 fully saturated rings. The largest absolute Gasteiger partial charge is 0.354 e. The molecular formula is C23H28FN3O4S. The van der Waals surface area contributed by atoms with E-state index in [9.17, 15) is 22.4 Å². The monoisotopic (exact) mass is 461 g/mol. The second-order valence-electron chi connectivity index (χ2n) is 8.02. The topological polar surface area (TPSA) is 95.6 Å². The number of halogens is 1. The lowest BCUT2D eigenvalue weighted by molar-refractivity contribution is -0.120. The summed E-state index contributed by atoms with van der Waals surface area (Å²) >= 11 is 0. The maximum atomic E-state index is 12.9. The van der Waals surface area contributed by atoms with Crippen molar-refractivity contribution in [2.45, 2.75) is 31.1 Å². The van der Waals surface area contributed by atoms with Crippen LogP contribution in [-0.2, 0) is 21.2 Å². The molecule has 1 aliphatic heterocycles. The first-order valence-electron chi connectivity index (χ1n) is 10.7. The summed E-state index contributed by atoms with van der Waals surface area (Å²) in [5, 5.41) is 5.38. The van der Waals surface area contributed by atoms with Crippen LogP contribution in [0.2, 0.25) is 0 Å². The number of rotatable bonds is 8. The number of carbonyl (C=O) groups is 2. The molecule has 0 saturated carbocycles. The van der Waals surface area contributed by atoms with Crippen molar-refractivity contribution in [1.29, 1.82) is 0 Å². The van der Waals surface area contributed by atoms with Crippen LogP contribution in [0.1, 0.15) is 35.7 Å². The quantitative estimate of drug-likeness (QED) is 0.590. The molecule has 2 aromatic carbocycles. The predicted molar refractivity (Wildman–Crippen MR) is 119 cm³/mol. The molecule has 0 aliphatic carbocycles. The van der Waals surface area contributed by atoms with Gasteiger partial charge in [-0.25, -0.2) is 12.8 Å². The molecule has 7 nitrogen and oxygen atoms in total. The van der Waals surface area contributed by atoms with E-state index in [4.69, 9.17) is 0 Å². The van der Waals surface area contributed by atoms with Gasteiger partial charge in [0.25, 0.3) is 5.91 Å². The van der Waals surface area contributed by atoms with Crippen LogP contribution in [0, 0.1) is 11.7 Å². The van der Waals surface area contributed by atoms with Gasteiger partial charge in [-0.05, 0) is 60.7 Å². The predicted octanol–water partition coefficient (Wildman–Crippen LogP) is 2.33. The molecule has 0 atom stereocenters. The number of benzene rings is 2. The van der Waals surface area contributed by atoms with Gasteiger partial charge in [-0.15, -0.1) is 0 Å². The average molecular weight is 462 g/mol. The van der Waals surface area contributed by atoms with Gasteiger partial charge in [-0.2, -0.15) is 4.31 Å². The number of amides is 2. The van der Waals surface area contributed by atoms with Crippen molar-refractivity contribution >= 4 is 21.8 Å². The van der Waals surface area contributed by atoms with Crippen molar-refractivity contribution in [3.63, 3.8) is 0 Å². The number of hydrogen-bond acceptors (Lipinski definition) is 4. The lowest BCUT2D eigenvalue weighted by Gasteiger charge is -2.29. The molecule has 3 rings (SSSR count). The SMILES string of the molecule is CC1CCN(S(=O)(=O)c2ccc(C(=O)NCCNC(=O)Cc3ccc(F)cc3)cc2)CC1. The Morgan fingerprint density at radius 3 is 2.19 bits per heavy atom. The minimum atomic E-state index is -3.55. The molecule has 9 heteroatoms. The minimum Gasteiger partial charge on any atom is -0.354 e. The average Bonchev–Trinajstić information content (AvgIpc) is 2.78. The highest BCUT2D eigenvalue weighted by Gasteiger charge is 2.28. The summed E-state index contributed by atoms with van der Waals surface area (Å²) in [4.78, 5) is 24.4. The van der Waals surface area contributed by atoms with E-state index < -0.39 is 10.0 Å². The third-order valence-corrected chi connectivity index (χ3v) is 7.42. The Hall–Kier alpha value is -2.78. The Labute approximate surface area is 188 Å². The highest BCUT2D eigenvalue weighted by Crippen LogP contribution is 2.23. The van der Waals surface area contributed by atoms with Crippen LogP contribution in [0.25, 0.3) is 0 Å². The second-order valence-corrected chi connectivity index (χ2v) is 9.96. The first-order chi connectivity index (χ1) is 15.3. The minimum absolute atomic E-state index is 0.125. The molecule has 2 N–H and O–H groups in total. The van der Waals surface area contributed by atoms with Crippen LogP contribution >= 0.6 is 0 Å². The fourth-order valence-electron chi connectivity index (χ4n) is 3.48. The fraction of sp³-hybridized carbons (Fsp3) is 0.391. The Kier molecular flexibility index (Phi) is 7.98. The van der Waals surface area contributed by atoms with E-state index in [-0.39, 0.29) is 42.0 Å². The van der Waals surface area contributed by atoms with Gasteiger partial charge >= 0.3 is 0 Å². The summed E-state index contributed by atoms with van der Waals surface area (Å²) in [5.74, 6) is -0.412. The van der Waals surface area contributed by atoms with Gasteiger partial charge < -0.3 is 10.6 Å². The van der Waals surface area contributed by atoms with Crippen LogP contribution < -0.4 is 10.6 Å². The van der Waals surface area contributed by atoms with E-state index in [0.717, 1.165) is 12.8 Å². The summed E-state index contributed by atoms with van der Waals surface area (Å²) in [6.45, 7) is 3.61. The van der Waals surface area contributed by atoms with Gasteiger partial charge in [0, 0.05) is 31.7 Å². The van der Waals surface area contributed by atoms with Crippen LogP contribution in [0.4, 0.5) is 4.39 Å². The summed E-state index contributed by atoms with van der Waals surface area (Å²) < 4.78 is 39.9. The highest BCUT2D eigenvalue weighted by atomic mass is 32.2. The van der Waals surface area contributed by atoms with Crippen LogP contribution in [0.3, 0.4) is 0 Å². The summed E-state index contributed by atoms with van der Waals surface area (Å²) in [6.07, 6.45) is 1.82. The number of nitrogens with zero attached hydrogens (tertiary/aromatic N) is 1. The van der Waals surface area contributed by atoms with E-state index in [2.05, 4.69) is 17.6 Å². The van der Waals surface area contributed by atoms with Crippen molar-refractivity contribution in [2.24, 2.45) is 5.92 Å². The molecule has 0 aromatic heterocycles. The van der Waals surface area contributed by atoms with E-state index in [1.54, 1.807) is 12.1 Å². The van der Waals surface area contributed by atoms with Gasteiger partial charge in [0.15, 0.2) is 0 Å². The molecule has 1 aliphatic rings. The van der Waals surface area contributed by atoms with E-state index in [0.29, 0.717) is 30.1 Å². The smallest absolute Gasteiger partial charge is 0.251 e. The number of nitrogens with one attached hydrogen (secondary N) is 2. The van der Waals surface area contributed by atoms with Crippen molar-refractivity contribution in [2.75, 3.05) is 26.2 Å². The van der Waals surface area contributed by atoms with Crippen molar-refractivity contribution in [1.82, 2.24) is 14.9 Å². The normalized spacial score (nSPS) is 15.3. The summed E-state index contributed by atoms with van der Waals surface area (Å²) in [7, 11) is -3.55. The molecule has 0 unspecified atom stereocenters. The lowest BCUT2D eigenvalue weighted by atomic mass is 10.0. The third-order valence-electron chi connectivity index (χ3n) is 5.51.